The lowest BCUT2D eigenvalue weighted by Gasteiger charge is -2.13. The topological polar surface area (TPSA) is 90.5 Å². The average Bonchev–Trinajstić information content (AvgIpc) is 2.73. The molecular weight excluding hydrogens is 360 g/mol. The number of ether oxygens (including phenoxy) is 3. The second-order valence-corrected chi connectivity index (χ2v) is 5.83. The lowest BCUT2D eigenvalue weighted by atomic mass is 9.95. The van der Waals surface area contributed by atoms with E-state index in [2.05, 4.69) is 10.2 Å². The normalized spacial score (nSPS) is 10.4. The minimum Gasteiger partial charge on any atom is -0.497 e. The van der Waals surface area contributed by atoms with E-state index in [0.717, 1.165) is 0 Å². The van der Waals surface area contributed by atoms with Gasteiger partial charge in [-0.3, -0.25) is 4.79 Å². The lowest BCUT2D eigenvalue weighted by Crippen LogP contribution is -2.23. The number of H-pyrrole nitrogens is 1. The maximum Gasteiger partial charge on any atom is 0.344 e. The number of methoxy groups -OCH3 is 2. The van der Waals surface area contributed by atoms with Crippen molar-refractivity contribution in [1.29, 1.82) is 0 Å². The Labute approximate surface area is 161 Å². The molecule has 0 aliphatic heterocycles. The van der Waals surface area contributed by atoms with Crippen LogP contribution < -0.4 is 15.0 Å². The van der Waals surface area contributed by atoms with Gasteiger partial charge in [-0.25, -0.2) is 9.89 Å². The second-order valence-electron chi connectivity index (χ2n) is 5.83. The van der Waals surface area contributed by atoms with Crippen molar-refractivity contribution in [3.05, 3.63) is 64.4 Å². The van der Waals surface area contributed by atoms with Gasteiger partial charge in [0.15, 0.2) is 0 Å². The number of nitrogens with one attached hydrogen (secondary N) is 1. The summed E-state index contributed by atoms with van der Waals surface area (Å²) in [6.45, 7) is 1.84. The summed E-state index contributed by atoms with van der Waals surface area (Å²) in [6.07, 6.45) is 0. The summed E-state index contributed by atoms with van der Waals surface area (Å²) >= 11 is 0. The van der Waals surface area contributed by atoms with Crippen molar-refractivity contribution in [1.82, 2.24) is 10.2 Å². The van der Waals surface area contributed by atoms with E-state index in [-0.39, 0.29) is 12.2 Å². The summed E-state index contributed by atoms with van der Waals surface area (Å²) in [7, 11) is 3.14. The molecular formula is C21H20N2O5. The Hall–Kier alpha value is -3.61. The van der Waals surface area contributed by atoms with Crippen molar-refractivity contribution in [2.45, 2.75) is 6.92 Å². The number of benzene rings is 2. The number of aromatic nitrogens is 2. The fraction of sp³-hybridized carbons (Fsp3) is 0.190. The van der Waals surface area contributed by atoms with Crippen molar-refractivity contribution in [2.75, 3.05) is 20.8 Å². The molecule has 0 spiro atoms. The summed E-state index contributed by atoms with van der Waals surface area (Å²) < 4.78 is 15.5. The number of esters is 1. The maximum absolute atomic E-state index is 12.6. The van der Waals surface area contributed by atoms with Gasteiger partial charge in [-0.2, -0.15) is 5.10 Å². The Bertz CT molecular complexity index is 1020. The van der Waals surface area contributed by atoms with Crippen molar-refractivity contribution in [3.8, 4) is 33.9 Å². The molecule has 7 heteroatoms. The standard InChI is InChI=1S/C21H20N2O5/c1-4-28-21(25)18-17(13-5-9-15(26-2)10-6-13)19(22-23-20(18)24)14-7-11-16(27-3)12-8-14/h5-12H,4H2,1-3H3,(H,23,24). The molecule has 3 rings (SSSR count). The van der Waals surface area contributed by atoms with Crippen LogP contribution in [0.1, 0.15) is 17.3 Å². The van der Waals surface area contributed by atoms with Crippen LogP contribution in [0.2, 0.25) is 0 Å². The van der Waals surface area contributed by atoms with Crippen LogP contribution >= 0.6 is 0 Å². The Balaban J connectivity index is 2.27. The number of hydrogen-bond acceptors (Lipinski definition) is 6. The summed E-state index contributed by atoms with van der Waals surface area (Å²) in [5.74, 6) is 0.641. The minimum absolute atomic E-state index is 0.0900. The molecule has 0 aliphatic carbocycles. The van der Waals surface area contributed by atoms with E-state index in [0.29, 0.717) is 33.9 Å². The molecule has 0 fully saturated rings. The molecule has 1 N–H and O–H groups in total. The zero-order valence-electron chi connectivity index (χ0n) is 15.8. The molecule has 28 heavy (non-hydrogen) atoms. The van der Waals surface area contributed by atoms with E-state index in [9.17, 15) is 9.59 Å². The van der Waals surface area contributed by atoms with E-state index < -0.39 is 11.5 Å². The molecule has 0 saturated carbocycles. The first-order valence-electron chi connectivity index (χ1n) is 8.67. The van der Waals surface area contributed by atoms with Gasteiger partial charge in [-0.1, -0.05) is 12.1 Å². The van der Waals surface area contributed by atoms with Crippen LogP contribution in [0.25, 0.3) is 22.4 Å². The maximum atomic E-state index is 12.6. The highest BCUT2D eigenvalue weighted by Gasteiger charge is 2.24. The van der Waals surface area contributed by atoms with Gasteiger partial charge >= 0.3 is 5.97 Å². The predicted molar refractivity (Wildman–Crippen MR) is 105 cm³/mol. The van der Waals surface area contributed by atoms with E-state index in [1.54, 1.807) is 69.7 Å². The fourth-order valence-electron chi connectivity index (χ4n) is 2.84. The molecule has 1 heterocycles. The Kier molecular flexibility index (Phi) is 5.74. The molecule has 0 aliphatic rings. The fourth-order valence-corrected chi connectivity index (χ4v) is 2.84. The Morgan fingerprint density at radius 3 is 1.96 bits per heavy atom. The highest BCUT2D eigenvalue weighted by molar-refractivity contribution is 6.00. The van der Waals surface area contributed by atoms with Crippen LogP contribution in [0.3, 0.4) is 0 Å². The average molecular weight is 380 g/mol. The quantitative estimate of drug-likeness (QED) is 0.660. The largest absolute Gasteiger partial charge is 0.497 e. The molecule has 0 bridgehead atoms. The molecule has 1 aromatic heterocycles. The third-order valence-electron chi connectivity index (χ3n) is 4.20. The minimum atomic E-state index is -0.702. The van der Waals surface area contributed by atoms with Crippen LogP contribution in [-0.4, -0.2) is 37.0 Å². The number of hydrogen-bond donors (Lipinski definition) is 1. The third kappa shape index (κ3) is 3.73. The van der Waals surface area contributed by atoms with Gasteiger partial charge < -0.3 is 14.2 Å². The summed E-state index contributed by atoms with van der Waals surface area (Å²) in [5, 5.41) is 6.61. The van der Waals surface area contributed by atoms with Gasteiger partial charge in [0.2, 0.25) is 0 Å². The molecule has 0 saturated heterocycles. The van der Waals surface area contributed by atoms with Gasteiger partial charge in [-0.15, -0.1) is 0 Å². The van der Waals surface area contributed by atoms with E-state index in [1.807, 2.05) is 0 Å². The molecule has 7 nitrogen and oxygen atoms in total. The van der Waals surface area contributed by atoms with Crippen LogP contribution in [0.15, 0.2) is 53.3 Å². The molecule has 144 valence electrons. The van der Waals surface area contributed by atoms with Crippen molar-refractivity contribution in [2.24, 2.45) is 0 Å². The molecule has 0 atom stereocenters. The number of carbonyl (C=O) groups excluding carboxylic acids is 1. The number of carbonyl (C=O) groups is 1. The smallest absolute Gasteiger partial charge is 0.344 e. The third-order valence-corrected chi connectivity index (χ3v) is 4.20. The van der Waals surface area contributed by atoms with Crippen molar-refractivity contribution < 1.29 is 19.0 Å². The molecule has 2 aromatic carbocycles. The Morgan fingerprint density at radius 2 is 1.46 bits per heavy atom. The first-order chi connectivity index (χ1) is 13.6. The van der Waals surface area contributed by atoms with Crippen molar-refractivity contribution >= 4 is 5.97 Å². The predicted octanol–water partition coefficient (Wildman–Crippen LogP) is 3.30. The van der Waals surface area contributed by atoms with Gasteiger partial charge in [0.1, 0.15) is 17.1 Å². The van der Waals surface area contributed by atoms with Gasteiger partial charge in [0.25, 0.3) is 5.56 Å². The zero-order chi connectivity index (χ0) is 20.1. The Morgan fingerprint density at radius 1 is 0.929 bits per heavy atom. The summed E-state index contributed by atoms with van der Waals surface area (Å²) in [4.78, 5) is 25.0. The highest BCUT2D eigenvalue weighted by atomic mass is 16.5. The first kappa shape index (κ1) is 19.2. The second kappa shape index (κ2) is 8.39. The van der Waals surface area contributed by atoms with Gasteiger partial charge in [-0.05, 0) is 48.9 Å². The molecule has 0 unspecified atom stereocenters. The molecule has 3 aromatic rings. The number of nitrogens with zero attached hydrogens (tertiary/aromatic N) is 1. The monoisotopic (exact) mass is 380 g/mol. The number of rotatable bonds is 6. The zero-order valence-corrected chi connectivity index (χ0v) is 15.8. The van der Waals surface area contributed by atoms with Crippen LogP contribution in [0, 0.1) is 0 Å². The van der Waals surface area contributed by atoms with E-state index in [4.69, 9.17) is 14.2 Å². The van der Waals surface area contributed by atoms with Crippen molar-refractivity contribution in [3.63, 3.8) is 0 Å². The van der Waals surface area contributed by atoms with Crippen LogP contribution in [-0.2, 0) is 4.74 Å². The van der Waals surface area contributed by atoms with Gasteiger partial charge in [0, 0.05) is 11.1 Å². The van der Waals surface area contributed by atoms with Crippen LogP contribution in [0.4, 0.5) is 0 Å². The van der Waals surface area contributed by atoms with E-state index >= 15 is 0 Å². The summed E-state index contributed by atoms with van der Waals surface area (Å²) in [5.41, 5.74) is 1.52. The lowest BCUT2D eigenvalue weighted by molar-refractivity contribution is 0.0525. The number of aromatic amines is 1. The highest BCUT2D eigenvalue weighted by Crippen LogP contribution is 2.33. The SMILES string of the molecule is CCOC(=O)c1c(-c2ccc(OC)cc2)c(-c2ccc(OC)cc2)n[nH]c1=O. The summed E-state index contributed by atoms with van der Waals surface area (Å²) in [6, 6.07) is 14.2. The molecule has 0 radical (unpaired) electrons. The molecule has 0 amide bonds. The van der Waals surface area contributed by atoms with Crippen LogP contribution in [0.5, 0.6) is 11.5 Å². The van der Waals surface area contributed by atoms with Gasteiger partial charge in [0.05, 0.1) is 26.5 Å². The first-order valence-corrected chi connectivity index (χ1v) is 8.67. The van der Waals surface area contributed by atoms with E-state index in [1.165, 1.54) is 0 Å².